The molecular weight excluding hydrogens is 452 g/mol. The SMILES string of the molecule is NC(=O)c1oc2ccccc2c1N.Nc1c(O)c(NS(=O)c2ccccc2)cc2ccccc12. The minimum Gasteiger partial charge on any atom is -0.504 e. The molecule has 172 valence electrons. The summed E-state index contributed by atoms with van der Waals surface area (Å²) in [6.45, 7) is 0. The van der Waals surface area contributed by atoms with Crippen molar-refractivity contribution in [1.29, 1.82) is 0 Å². The number of primary amides is 1. The zero-order valence-corrected chi connectivity index (χ0v) is 18.7. The van der Waals surface area contributed by atoms with Crippen molar-refractivity contribution in [2.75, 3.05) is 16.2 Å². The van der Waals surface area contributed by atoms with E-state index in [9.17, 15) is 14.1 Å². The van der Waals surface area contributed by atoms with E-state index in [1.165, 1.54) is 0 Å². The van der Waals surface area contributed by atoms with E-state index in [0.717, 1.165) is 16.2 Å². The van der Waals surface area contributed by atoms with Gasteiger partial charge in [-0.1, -0.05) is 54.6 Å². The van der Waals surface area contributed by atoms with Crippen LogP contribution in [-0.4, -0.2) is 15.2 Å². The van der Waals surface area contributed by atoms with Gasteiger partial charge in [-0.2, -0.15) is 0 Å². The van der Waals surface area contributed by atoms with Gasteiger partial charge in [0.2, 0.25) is 5.76 Å². The van der Waals surface area contributed by atoms with Crippen LogP contribution in [0.1, 0.15) is 10.6 Å². The van der Waals surface area contributed by atoms with Crippen molar-refractivity contribution < 1.29 is 18.5 Å². The zero-order chi connectivity index (χ0) is 24.2. The fraction of sp³-hybridized carbons (Fsp3) is 0. The second-order valence-electron chi connectivity index (χ2n) is 7.30. The lowest BCUT2D eigenvalue weighted by Gasteiger charge is -2.12. The Morgan fingerprint density at radius 3 is 2.15 bits per heavy atom. The molecule has 0 aliphatic carbocycles. The molecule has 34 heavy (non-hydrogen) atoms. The standard InChI is InChI=1S/C16H14N2O2S.C9H8N2O2/c17-15-13-9-5-4-6-11(13)10-14(16(15)19)18-21(20)12-7-2-1-3-8-12;10-7-5-3-1-2-4-6(5)13-8(7)9(11)12/h1-10,18-19H,17H2;1-4H,10H2,(H2,11,12). The minimum atomic E-state index is -1.46. The minimum absolute atomic E-state index is 0.0289. The quantitative estimate of drug-likeness (QED) is 0.192. The number of para-hydroxylation sites is 1. The highest BCUT2D eigenvalue weighted by Gasteiger charge is 2.15. The van der Waals surface area contributed by atoms with E-state index in [4.69, 9.17) is 21.6 Å². The fourth-order valence-corrected chi connectivity index (χ4v) is 4.27. The molecular formula is C25H22N4O4S. The topological polar surface area (TPSA) is 158 Å². The highest BCUT2D eigenvalue weighted by Crippen LogP contribution is 2.37. The van der Waals surface area contributed by atoms with Gasteiger partial charge >= 0.3 is 0 Å². The van der Waals surface area contributed by atoms with Gasteiger partial charge in [0.15, 0.2) is 5.75 Å². The molecule has 1 amide bonds. The van der Waals surface area contributed by atoms with Gasteiger partial charge in [0.1, 0.15) is 16.6 Å². The third-order valence-corrected chi connectivity index (χ3v) is 6.18. The molecule has 9 heteroatoms. The zero-order valence-electron chi connectivity index (χ0n) is 17.9. The molecule has 0 saturated carbocycles. The number of carbonyl (C=O) groups excluding carboxylic acids is 1. The lowest BCUT2D eigenvalue weighted by atomic mass is 10.1. The second-order valence-corrected chi connectivity index (χ2v) is 8.51. The molecule has 8 nitrogen and oxygen atoms in total. The van der Waals surface area contributed by atoms with Gasteiger partial charge in [-0.3, -0.25) is 9.52 Å². The monoisotopic (exact) mass is 474 g/mol. The number of nitrogens with two attached hydrogens (primary N) is 3. The van der Waals surface area contributed by atoms with Crippen molar-refractivity contribution in [3.63, 3.8) is 0 Å². The summed E-state index contributed by atoms with van der Waals surface area (Å²) in [5.74, 6) is -0.701. The van der Waals surface area contributed by atoms with Gasteiger partial charge in [-0.15, -0.1) is 0 Å². The summed E-state index contributed by atoms with van der Waals surface area (Å²) in [5.41, 5.74) is 18.2. The highest BCUT2D eigenvalue weighted by atomic mass is 32.2. The third kappa shape index (κ3) is 4.50. The predicted octanol–water partition coefficient (Wildman–Crippen LogP) is 4.38. The van der Waals surface area contributed by atoms with Crippen molar-refractivity contribution in [2.45, 2.75) is 4.90 Å². The number of phenols is 1. The van der Waals surface area contributed by atoms with Crippen LogP contribution in [0.15, 0.2) is 94.2 Å². The molecule has 5 rings (SSSR count). The molecule has 5 aromatic rings. The first-order chi connectivity index (χ1) is 16.4. The lowest BCUT2D eigenvalue weighted by molar-refractivity contribution is 0.0977. The fourth-order valence-electron chi connectivity index (χ4n) is 3.39. The van der Waals surface area contributed by atoms with Crippen LogP contribution in [0.5, 0.6) is 5.75 Å². The third-order valence-electron chi connectivity index (χ3n) is 5.08. The van der Waals surface area contributed by atoms with Gasteiger partial charge in [0.05, 0.1) is 22.0 Å². The Morgan fingerprint density at radius 2 is 1.47 bits per heavy atom. The first-order valence-corrected chi connectivity index (χ1v) is 11.3. The second kappa shape index (κ2) is 9.55. The van der Waals surface area contributed by atoms with Gasteiger partial charge in [-0.05, 0) is 35.7 Å². The van der Waals surface area contributed by atoms with E-state index in [-0.39, 0.29) is 17.2 Å². The van der Waals surface area contributed by atoms with E-state index in [2.05, 4.69) is 4.72 Å². The normalized spacial score (nSPS) is 11.5. The van der Waals surface area contributed by atoms with Gasteiger partial charge in [-0.25, -0.2) is 4.21 Å². The molecule has 1 atom stereocenters. The van der Waals surface area contributed by atoms with Crippen molar-refractivity contribution in [3.8, 4) is 5.75 Å². The number of aromatic hydroxyl groups is 1. The van der Waals surface area contributed by atoms with Crippen molar-refractivity contribution >= 4 is 55.7 Å². The van der Waals surface area contributed by atoms with E-state index >= 15 is 0 Å². The summed E-state index contributed by atoms with van der Waals surface area (Å²) in [7, 11) is -1.46. The smallest absolute Gasteiger partial charge is 0.286 e. The van der Waals surface area contributed by atoms with Crippen LogP contribution in [-0.2, 0) is 11.0 Å². The number of furan rings is 1. The molecule has 1 heterocycles. The van der Waals surface area contributed by atoms with Crippen molar-refractivity contribution in [3.05, 3.63) is 90.7 Å². The number of benzene rings is 4. The molecule has 0 fully saturated rings. The van der Waals surface area contributed by atoms with Crippen LogP contribution < -0.4 is 21.9 Å². The molecule has 8 N–H and O–H groups in total. The Hall–Kier alpha value is -4.50. The Morgan fingerprint density at radius 1 is 0.853 bits per heavy atom. The number of carbonyl (C=O) groups is 1. The Bertz CT molecular complexity index is 1520. The van der Waals surface area contributed by atoms with Gasteiger partial charge < -0.3 is 26.7 Å². The van der Waals surface area contributed by atoms with Crippen LogP contribution >= 0.6 is 0 Å². The average Bonchev–Trinajstić information content (AvgIpc) is 3.20. The molecule has 0 aliphatic rings. The van der Waals surface area contributed by atoms with E-state index in [1.807, 2.05) is 48.5 Å². The molecule has 0 radical (unpaired) electrons. The number of hydrogen-bond donors (Lipinski definition) is 5. The van der Waals surface area contributed by atoms with E-state index in [1.54, 1.807) is 36.4 Å². The van der Waals surface area contributed by atoms with Crippen molar-refractivity contribution in [2.24, 2.45) is 5.73 Å². The van der Waals surface area contributed by atoms with Crippen molar-refractivity contribution in [1.82, 2.24) is 0 Å². The number of nitrogen functional groups attached to an aromatic ring is 2. The van der Waals surface area contributed by atoms with Crippen LogP contribution in [0.25, 0.3) is 21.7 Å². The Kier molecular flexibility index (Phi) is 6.37. The first-order valence-electron chi connectivity index (χ1n) is 10.2. The molecule has 0 bridgehead atoms. The maximum Gasteiger partial charge on any atom is 0.286 e. The summed E-state index contributed by atoms with van der Waals surface area (Å²) < 4.78 is 20.2. The summed E-state index contributed by atoms with van der Waals surface area (Å²) >= 11 is 0. The summed E-state index contributed by atoms with van der Waals surface area (Å²) in [6.07, 6.45) is 0. The van der Waals surface area contributed by atoms with Gasteiger partial charge in [0.25, 0.3) is 5.91 Å². The Labute approximate surface area is 197 Å². The Balaban J connectivity index is 0.000000180. The van der Waals surface area contributed by atoms with Gasteiger partial charge in [0, 0.05) is 10.8 Å². The number of fused-ring (bicyclic) bond motifs is 2. The van der Waals surface area contributed by atoms with Crippen LogP contribution in [0, 0.1) is 0 Å². The van der Waals surface area contributed by atoms with Crippen LogP contribution in [0.3, 0.4) is 0 Å². The lowest BCUT2D eigenvalue weighted by Crippen LogP contribution is -2.11. The number of hydrogen-bond acceptors (Lipinski definition) is 6. The molecule has 1 aromatic heterocycles. The summed E-state index contributed by atoms with van der Waals surface area (Å²) in [6, 6.07) is 25.3. The maximum absolute atomic E-state index is 12.3. The molecule has 4 aromatic carbocycles. The van der Waals surface area contributed by atoms with E-state index in [0.29, 0.717) is 21.9 Å². The van der Waals surface area contributed by atoms with Crippen LogP contribution in [0.4, 0.5) is 17.1 Å². The number of anilines is 3. The molecule has 0 spiro atoms. The first kappa shape index (κ1) is 22.7. The summed E-state index contributed by atoms with van der Waals surface area (Å²) in [5, 5.41) is 12.5. The largest absolute Gasteiger partial charge is 0.504 e. The molecule has 1 unspecified atom stereocenters. The number of nitrogens with one attached hydrogen (secondary N) is 1. The molecule has 0 saturated heterocycles. The summed E-state index contributed by atoms with van der Waals surface area (Å²) in [4.78, 5) is 11.5. The van der Waals surface area contributed by atoms with Crippen LogP contribution in [0.2, 0.25) is 0 Å². The maximum atomic E-state index is 12.3. The number of amides is 1. The average molecular weight is 475 g/mol. The van der Waals surface area contributed by atoms with E-state index < -0.39 is 16.9 Å². The molecule has 0 aliphatic heterocycles. The number of phenolic OH excluding ortho intramolecular Hbond substituents is 1. The predicted molar refractivity (Wildman–Crippen MR) is 136 cm³/mol. The highest BCUT2D eigenvalue weighted by molar-refractivity contribution is 7.86. The number of rotatable bonds is 4.